The summed E-state index contributed by atoms with van der Waals surface area (Å²) in [6.07, 6.45) is 3.36. The SMILES string of the molecule is CCCC(=O)N1CCN(c2ccnc(C)n2)CC1. The van der Waals surface area contributed by atoms with Crippen molar-refractivity contribution < 1.29 is 4.79 Å². The van der Waals surface area contributed by atoms with Crippen molar-refractivity contribution >= 4 is 11.7 Å². The molecule has 0 aromatic carbocycles. The number of piperazine rings is 1. The van der Waals surface area contributed by atoms with Gasteiger partial charge in [-0.3, -0.25) is 4.79 Å². The van der Waals surface area contributed by atoms with Crippen molar-refractivity contribution in [1.29, 1.82) is 0 Å². The summed E-state index contributed by atoms with van der Waals surface area (Å²) in [6.45, 7) is 7.23. The van der Waals surface area contributed by atoms with Crippen LogP contribution in [0.2, 0.25) is 0 Å². The van der Waals surface area contributed by atoms with Crippen LogP contribution in [0.4, 0.5) is 5.82 Å². The summed E-state index contributed by atoms with van der Waals surface area (Å²) >= 11 is 0. The third-order valence-electron chi connectivity index (χ3n) is 3.18. The second kappa shape index (κ2) is 5.80. The fraction of sp³-hybridized carbons (Fsp3) is 0.615. The molecule has 0 atom stereocenters. The molecule has 5 nitrogen and oxygen atoms in total. The predicted octanol–water partition coefficient (Wildman–Crippen LogP) is 1.23. The van der Waals surface area contributed by atoms with E-state index in [1.165, 1.54) is 0 Å². The molecule has 1 aliphatic heterocycles. The second-order valence-electron chi connectivity index (χ2n) is 4.58. The number of hydrogen-bond donors (Lipinski definition) is 0. The zero-order chi connectivity index (χ0) is 13.0. The average molecular weight is 248 g/mol. The standard InChI is InChI=1S/C13H20N4O/c1-3-4-13(18)17-9-7-16(8-10-17)12-5-6-14-11(2)15-12/h5-6H,3-4,7-10H2,1-2H3. The highest BCUT2D eigenvalue weighted by molar-refractivity contribution is 5.76. The number of carbonyl (C=O) groups excluding carboxylic acids is 1. The molecule has 1 saturated heterocycles. The number of nitrogens with zero attached hydrogens (tertiary/aromatic N) is 4. The van der Waals surface area contributed by atoms with E-state index in [-0.39, 0.29) is 5.91 Å². The van der Waals surface area contributed by atoms with Gasteiger partial charge in [0.15, 0.2) is 0 Å². The lowest BCUT2D eigenvalue weighted by Gasteiger charge is -2.35. The molecule has 5 heteroatoms. The lowest BCUT2D eigenvalue weighted by Crippen LogP contribution is -2.49. The Bertz CT molecular complexity index is 413. The van der Waals surface area contributed by atoms with E-state index in [2.05, 4.69) is 14.9 Å². The quantitative estimate of drug-likeness (QED) is 0.807. The van der Waals surface area contributed by atoms with Gasteiger partial charge in [0.25, 0.3) is 0 Å². The summed E-state index contributed by atoms with van der Waals surface area (Å²) < 4.78 is 0. The van der Waals surface area contributed by atoms with Gasteiger partial charge in [-0.15, -0.1) is 0 Å². The highest BCUT2D eigenvalue weighted by Gasteiger charge is 2.21. The number of amides is 1. The second-order valence-corrected chi connectivity index (χ2v) is 4.58. The number of rotatable bonds is 3. The molecule has 1 amide bonds. The van der Waals surface area contributed by atoms with E-state index in [1.807, 2.05) is 24.8 Å². The van der Waals surface area contributed by atoms with Crippen LogP contribution in [0, 0.1) is 6.92 Å². The molecule has 2 rings (SSSR count). The molecule has 0 N–H and O–H groups in total. The van der Waals surface area contributed by atoms with Gasteiger partial charge < -0.3 is 9.80 Å². The maximum Gasteiger partial charge on any atom is 0.222 e. The van der Waals surface area contributed by atoms with Gasteiger partial charge in [-0.2, -0.15) is 0 Å². The molecule has 1 fully saturated rings. The van der Waals surface area contributed by atoms with Crippen molar-refractivity contribution in [2.75, 3.05) is 31.1 Å². The minimum absolute atomic E-state index is 0.274. The van der Waals surface area contributed by atoms with Crippen LogP contribution in [0.15, 0.2) is 12.3 Å². The first-order valence-electron chi connectivity index (χ1n) is 6.53. The van der Waals surface area contributed by atoms with Crippen LogP contribution in [0.25, 0.3) is 0 Å². The number of aryl methyl sites for hydroxylation is 1. The lowest BCUT2D eigenvalue weighted by atomic mass is 10.2. The third-order valence-corrected chi connectivity index (χ3v) is 3.18. The van der Waals surface area contributed by atoms with Crippen molar-refractivity contribution in [1.82, 2.24) is 14.9 Å². The molecule has 1 aromatic rings. The Hall–Kier alpha value is -1.65. The van der Waals surface area contributed by atoms with Crippen LogP contribution in [0.3, 0.4) is 0 Å². The summed E-state index contributed by atoms with van der Waals surface area (Å²) in [5, 5.41) is 0. The molecule has 0 bridgehead atoms. The van der Waals surface area contributed by atoms with Crippen molar-refractivity contribution in [2.45, 2.75) is 26.7 Å². The first kappa shape index (κ1) is 12.8. The van der Waals surface area contributed by atoms with Gasteiger partial charge in [0, 0.05) is 38.8 Å². The smallest absolute Gasteiger partial charge is 0.222 e. The molecular weight excluding hydrogens is 228 g/mol. The van der Waals surface area contributed by atoms with Crippen LogP contribution in [-0.2, 0) is 4.79 Å². The zero-order valence-corrected chi connectivity index (χ0v) is 11.1. The maximum absolute atomic E-state index is 11.8. The molecule has 98 valence electrons. The molecule has 2 heterocycles. The van der Waals surface area contributed by atoms with Crippen LogP contribution in [0.1, 0.15) is 25.6 Å². The summed E-state index contributed by atoms with van der Waals surface area (Å²) in [4.78, 5) is 24.5. The molecule has 0 spiro atoms. The first-order valence-corrected chi connectivity index (χ1v) is 6.53. The minimum atomic E-state index is 0.274. The summed E-state index contributed by atoms with van der Waals surface area (Å²) in [5.41, 5.74) is 0. The summed E-state index contributed by atoms with van der Waals surface area (Å²) in [7, 11) is 0. The van der Waals surface area contributed by atoms with Gasteiger partial charge in [0.1, 0.15) is 11.6 Å². The average Bonchev–Trinajstić information content (AvgIpc) is 2.39. The summed E-state index contributed by atoms with van der Waals surface area (Å²) in [6, 6.07) is 1.93. The van der Waals surface area contributed by atoms with Gasteiger partial charge in [0.05, 0.1) is 0 Å². The van der Waals surface area contributed by atoms with Crippen molar-refractivity contribution in [3.63, 3.8) is 0 Å². The van der Waals surface area contributed by atoms with E-state index in [1.54, 1.807) is 6.20 Å². The Morgan fingerprint density at radius 2 is 2.06 bits per heavy atom. The predicted molar refractivity (Wildman–Crippen MR) is 70.5 cm³/mol. The highest BCUT2D eigenvalue weighted by atomic mass is 16.2. The van der Waals surface area contributed by atoms with E-state index in [4.69, 9.17) is 0 Å². The van der Waals surface area contributed by atoms with E-state index in [0.29, 0.717) is 6.42 Å². The molecule has 0 saturated carbocycles. The maximum atomic E-state index is 11.8. The van der Waals surface area contributed by atoms with Crippen LogP contribution < -0.4 is 4.90 Å². The largest absolute Gasteiger partial charge is 0.353 e. The van der Waals surface area contributed by atoms with E-state index >= 15 is 0 Å². The van der Waals surface area contributed by atoms with Crippen LogP contribution >= 0.6 is 0 Å². The lowest BCUT2D eigenvalue weighted by molar-refractivity contribution is -0.131. The topological polar surface area (TPSA) is 49.3 Å². The first-order chi connectivity index (χ1) is 8.70. The minimum Gasteiger partial charge on any atom is -0.353 e. The fourth-order valence-electron chi connectivity index (χ4n) is 2.18. The van der Waals surface area contributed by atoms with Crippen molar-refractivity contribution in [3.8, 4) is 0 Å². The Labute approximate surface area is 108 Å². The Morgan fingerprint density at radius 3 is 2.67 bits per heavy atom. The Morgan fingerprint density at radius 1 is 1.33 bits per heavy atom. The molecule has 0 aliphatic carbocycles. The van der Waals surface area contributed by atoms with Gasteiger partial charge in [-0.05, 0) is 19.4 Å². The fourth-order valence-corrected chi connectivity index (χ4v) is 2.18. The van der Waals surface area contributed by atoms with Gasteiger partial charge in [-0.1, -0.05) is 6.92 Å². The number of anilines is 1. The van der Waals surface area contributed by atoms with Crippen molar-refractivity contribution in [2.24, 2.45) is 0 Å². The Balaban J connectivity index is 1.92. The number of hydrogen-bond acceptors (Lipinski definition) is 4. The van der Waals surface area contributed by atoms with Gasteiger partial charge in [0.2, 0.25) is 5.91 Å². The molecule has 18 heavy (non-hydrogen) atoms. The van der Waals surface area contributed by atoms with Crippen LogP contribution in [-0.4, -0.2) is 47.0 Å². The normalized spacial score (nSPS) is 15.9. The molecule has 1 aromatic heterocycles. The highest BCUT2D eigenvalue weighted by Crippen LogP contribution is 2.13. The monoisotopic (exact) mass is 248 g/mol. The molecule has 0 unspecified atom stereocenters. The summed E-state index contributed by atoms with van der Waals surface area (Å²) in [5.74, 6) is 2.03. The zero-order valence-electron chi connectivity index (χ0n) is 11.1. The van der Waals surface area contributed by atoms with E-state index < -0.39 is 0 Å². The molecule has 1 aliphatic rings. The van der Waals surface area contributed by atoms with E-state index in [0.717, 1.165) is 44.2 Å². The molecule has 0 radical (unpaired) electrons. The Kier molecular flexibility index (Phi) is 4.12. The van der Waals surface area contributed by atoms with Crippen molar-refractivity contribution in [3.05, 3.63) is 18.1 Å². The molecular formula is C13H20N4O. The number of carbonyl (C=O) groups is 1. The number of aromatic nitrogens is 2. The van der Waals surface area contributed by atoms with Gasteiger partial charge >= 0.3 is 0 Å². The van der Waals surface area contributed by atoms with E-state index in [9.17, 15) is 4.79 Å². The third kappa shape index (κ3) is 2.97. The van der Waals surface area contributed by atoms with Crippen LogP contribution in [0.5, 0.6) is 0 Å². The van der Waals surface area contributed by atoms with Gasteiger partial charge in [-0.25, -0.2) is 9.97 Å².